The van der Waals surface area contributed by atoms with Crippen molar-refractivity contribution in [1.82, 2.24) is 4.31 Å². The smallest absolute Gasteiger partial charge is 0.239 e. The molecule has 1 aliphatic rings. The van der Waals surface area contributed by atoms with Crippen molar-refractivity contribution in [2.24, 2.45) is 0 Å². The maximum atomic E-state index is 12.0. The van der Waals surface area contributed by atoms with Crippen LogP contribution in [-0.4, -0.2) is 37.5 Å². The van der Waals surface area contributed by atoms with E-state index in [1.54, 1.807) is 0 Å². The molecular formula is C14H20N2O3S. The van der Waals surface area contributed by atoms with Crippen LogP contribution in [0.15, 0.2) is 18.2 Å². The van der Waals surface area contributed by atoms with Crippen LogP contribution >= 0.6 is 0 Å². The normalized spacial score (nSPS) is 18.7. The monoisotopic (exact) mass is 296 g/mol. The molecule has 0 spiro atoms. The summed E-state index contributed by atoms with van der Waals surface area (Å²) in [6, 6.07) is 5.79. The van der Waals surface area contributed by atoms with Crippen molar-refractivity contribution >= 4 is 21.6 Å². The molecule has 0 atom stereocenters. The van der Waals surface area contributed by atoms with E-state index in [4.69, 9.17) is 0 Å². The van der Waals surface area contributed by atoms with Gasteiger partial charge in [0.2, 0.25) is 15.9 Å². The highest BCUT2D eigenvalue weighted by Crippen LogP contribution is 2.17. The summed E-state index contributed by atoms with van der Waals surface area (Å²) in [5.41, 5.74) is 2.76. The molecule has 0 aromatic heterocycles. The minimum absolute atomic E-state index is 0.101. The Labute approximate surface area is 120 Å². The molecule has 1 aliphatic heterocycles. The van der Waals surface area contributed by atoms with Gasteiger partial charge < -0.3 is 5.32 Å². The van der Waals surface area contributed by atoms with Crippen LogP contribution in [0.4, 0.5) is 5.69 Å². The zero-order chi connectivity index (χ0) is 14.8. The van der Waals surface area contributed by atoms with Crippen molar-refractivity contribution in [3.63, 3.8) is 0 Å². The van der Waals surface area contributed by atoms with Crippen LogP contribution in [0.1, 0.15) is 24.0 Å². The third kappa shape index (κ3) is 3.58. The number of aryl methyl sites for hydroxylation is 2. The Morgan fingerprint density at radius 3 is 2.75 bits per heavy atom. The van der Waals surface area contributed by atoms with Crippen LogP contribution < -0.4 is 5.32 Å². The SMILES string of the molecule is Cc1ccc(C)c(NC(=O)CN2CCCCS2(=O)=O)c1. The van der Waals surface area contributed by atoms with E-state index in [-0.39, 0.29) is 18.2 Å². The number of sulfonamides is 1. The van der Waals surface area contributed by atoms with Crippen molar-refractivity contribution < 1.29 is 13.2 Å². The highest BCUT2D eigenvalue weighted by molar-refractivity contribution is 7.89. The van der Waals surface area contributed by atoms with Crippen molar-refractivity contribution in [3.05, 3.63) is 29.3 Å². The maximum absolute atomic E-state index is 12.0. The summed E-state index contributed by atoms with van der Waals surface area (Å²) in [5.74, 6) is -0.145. The summed E-state index contributed by atoms with van der Waals surface area (Å²) in [5, 5.41) is 2.79. The number of hydrogen-bond acceptors (Lipinski definition) is 3. The number of nitrogens with zero attached hydrogens (tertiary/aromatic N) is 1. The third-order valence-corrected chi connectivity index (χ3v) is 5.34. The van der Waals surface area contributed by atoms with Crippen LogP contribution in [0, 0.1) is 13.8 Å². The quantitative estimate of drug-likeness (QED) is 0.922. The van der Waals surface area contributed by atoms with Gasteiger partial charge in [-0.15, -0.1) is 0 Å². The Bertz CT molecular complexity index is 611. The van der Waals surface area contributed by atoms with Gasteiger partial charge in [0.05, 0.1) is 12.3 Å². The zero-order valence-corrected chi connectivity index (χ0v) is 12.7. The van der Waals surface area contributed by atoms with Crippen molar-refractivity contribution in [1.29, 1.82) is 0 Å². The number of anilines is 1. The number of hydrogen-bond donors (Lipinski definition) is 1. The Balaban J connectivity index is 2.04. The average molecular weight is 296 g/mol. The number of carbonyl (C=O) groups excluding carboxylic acids is 1. The first-order valence-corrected chi connectivity index (χ1v) is 8.34. The van der Waals surface area contributed by atoms with Crippen molar-refractivity contribution in [2.45, 2.75) is 26.7 Å². The zero-order valence-electron chi connectivity index (χ0n) is 11.8. The number of amides is 1. The number of rotatable bonds is 3. The van der Waals surface area contributed by atoms with E-state index in [0.29, 0.717) is 13.0 Å². The van der Waals surface area contributed by atoms with Gasteiger partial charge >= 0.3 is 0 Å². The Kier molecular flexibility index (Phi) is 4.45. The van der Waals surface area contributed by atoms with E-state index in [2.05, 4.69) is 5.32 Å². The molecule has 1 saturated heterocycles. The molecular weight excluding hydrogens is 276 g/mol. The summed E-state index contributed by atoms with van der Waals surface area (Å²) >= 11 is 0. The van der Waals surface area contributed by atoms with Gasteiger partial charge in [-0.3, -0.25) is 4.79 Å². The molecule has 1 fully saturated rings. The summed E-state index contributed by atoms with van der Waals surface area (Å²) < 4.78 is 24.9. The Hall–Kier alpha value is -1.40. The van der Waals surface area contributed by atoms with E-state index in [1.165, 1.54) is 4.31 Å². The number of benzene rings is 1. The second-order valence-corrected chi connectivity index (χ2v) is 7.31. The van der Waals surface area contributed by atoms with E-state index in [1.807, 2.05) is 32.0 Å². The highest BCUT2D eigenvalue weighted by Gasteiger charge is 2.27. The fraction of sp³-hybridized carbons (Fsp3) is 0.500. The fourth-order valence-corrected chi connectivity index (χ4v) is 3.79. The molecule has 1 amide bonds. The summed E-state index contributed by atoms with van der Waals surface area (Å²) in [6.45, 7) is 4.19. The largest absolute Gasteiger partial charge is 0.325 e. The van der Waals surface area contributed by atoms with Gasteiger partial charge in [0.15, 0.2) is 0 Å². The summed E-state index contributed by atoms with van der Waals surface area (Å²) in [7, 11) is -3.26. The molecule has 6 heteroatoms. The predicted molar refractivity (Wildman–Crippen MR) is 79.1 cm³/mol. The molecule has 0 radical (unpaired) electrons. The Morgan fingerprint density at radius 2 is 2.05 bits per heavy atom. The fourth-order valence-electron chi connectivity index (χ4n) is 2.24. The number of carbonyl (C=O) groups is 1. The lowest BCUT2D eigenvalue weighted by Crippen LogP contribution is -2.42. The van der Waals surface area contributed by atoms with Crippen molar-refractivity contribution in [2.75, 3.05) is 24.2 Å². The first-order valence-electron chi connectivity index (χ1n) is 6.73. The first-order chi connectivity index (χ1) is 9.38. The molecule has 0 bridgehead atoms. The minimum atomic E-state index is -3.26. The standard InChI is InChI=1S/C14H20N2O3S/c1-11-5-6-12(2)13(9-11)15-14(17)10-16-7-3-4-8-20(16,18)19/h5-6,9H,3-4,7-8,10H2,1-2H3,(H,15,17). The van der Waals surface area contributed by atoms with Crippen LogP contribution in [0.5, 0.6) is 0 Å². The first kappa shape index (κ1) is 15.0. The number of nitrogens with one attached hydrogen (secondary N) is 1. The second-order valence-electron chi connectivity index (χ2n) is 5.22. The van der Waals surface area contributed by atoms with Gasteiger partial charge in [-0.1, -0.05) is 12.1 Å². The molecule has 2 rings (SSSR count). The molecule has 1 aromatic rings. The topological polar surface area (TPSA) is 66.5 Å². The van der Waals surface area contributed by atoms with Crippen molar-refractivity contribution in [3.8, 4) is 0 Å². The molecule has 20 heavy (non-hydrogen) atoms. The molecule has 5 nitrogen and oxygen atoms in total. The van der Waals surface area contributed by atoms with Crippen LogP contribution in [-0.2, 0) is 14.8 Å². The molecule has 110 valence electrons. The van der Waals surface area contributed by atoms with E-state index in [0.717, 1.165) is 23.2 Å². The van der Waals surface area contributed by atoms with Gasteiger partial charge in [-0.25, -0.2) is 8.42 Å². The molecule has 1 heterocycles. The lowest BCUT2D eigenvalue weighted by atomic mass is 10.1. The lowest BCUT2D eigenvalue weighted by Gasteiger charge is -2.25. The van der Waals surface area contributed by atoms with Gasteiger partial charge in [0.1, 0.15) is 0 Å². The van der Waals surface area contributed by atoms with E-state index in [9.17, 15) is 13.2 Å². The second kappa shape index (κ2) is 5.93. The molecule has 0 unspecified atom stereocenters. The summed E-state index contributed by atoms with van der Waals surface area (Å²) in [6.07, 6.45) is 1.49. The minimum Gasteiger partial charge on any atom is -0.325 e. The van der Waals surface area contributed by atoms with E-state index >= 15 is 0 Å². The average Bonchev–Trinajstić information content (AvgIpc) is 2.36. The molecule has 1 aromatic carbocycles. The van der Waals surface area contributed by atoms with Gasteiger partial charge in [-0.05, 0) is 43.9 Å². The maximum Gasteiger partial charge on any atom is 0.239 e. The molecule has 1 N–H and O–H groups in total. The van der Waals surface area contributed by atoms with Crippen LogP contribution in [0.3, 0.4) is 0 Å². The third-order valence-electron chi connectivity index (χ3n) is 3.44. The van der Waals surface area contributed by atoms with Gasteiger partial charge in [0.25, 0.3) is 0 Å². The lowest BCUT2D eigenvalue weighted by molar-refractivity contribution is -0.116. The summed E-state index contributed by atoms with van der Waals surface area (Å²) in [4.78, 5) is 12.0. The predicted octanol–water partition coefficient (Wildman–Crippen LogP) is 1.67. The molecule has 0 saturated carbocycles. The van der Waals surface area contributed by atoms with E-state index < -0.39 is 10.0 Å². The van der Waals surface area contributed by atoms with Crippen LogP contribution in [0.2, 0.25) is 0 Å². The van der Waals surface area contributed by atoms with Crippen LogP contribution in [0.25, 0.3) is 0 Å². The highest BCUT2D eigenvalue weighted by atomic mass is 32.2. The molecule has 0 aliphatic carbocycles. The van der Waals surface area contributed by atoms with Gasteiger partial charge in [-0.2, -0.15) is 4.31 Å². The Morgan fingerprint density at radius 1 is 1.30 bits per heavy atom. The van der Waals surface area contributed by atoms with Gasteiger partial charge in [0, 0.05) is 12.2 Å².